The smallest absolute Gasteiger partial charge is 0.258 e. The summed E-state index contributed by atoms with van der Waals surface area (Å²) in [6.07, 6.45) is 0.223. The molecule has 0 aliphatic carbocycles. The number of nitrogens with zero attached hydrogens (tertiary/aromatic N) is 1. The van der Waals surface area contributed by atoms with Crippen LogP contribution in [0.5, 0.6) is 5.75 Å². The van der Waals surface area contributed by atoms with Crippen LogP contribution in [0, 0.1) is 0 Å². The Morgan fingerprint density at radius 1 is 1.64 bits per heavy atom. The van der Waals surface area contributed by atoms with Crippen LogP contribution >= 0.6 is 12.2 Å². The van der Waals surface area contributed by atoms with Gasteiger partial charge < -0.3 is 4.74 Å². The van der Waals surface area contributed by atoms with Crippen LogP contribution in [-0.2, 0) is 11.2 Å². The van der Waals surface area contributed by atoms with Crippen LogP contribution in [0.25, 0.3) is 0 Å². The second-order valence-corrected chi connectivity index (χ2v) is 2.81. The molecule has 14 heavy (non-hydrogen) atoms. The van der Waals surface area contributed by atoms with E-state index >= 15 is 0 Å². The SMILES string of the molecule is COc1cccc(CC(=O)N=C=S)c1. The third-order valence-electron chi connectivity index (χ3n) is 1.66. The molecule has 0 aliphatic rings. The third kappa shape index (κ3) is 3.09. The summed E-state index contributed by atoms with van der Waals surface area (Å²) in [6.45, 7) is 0. The minimum atomic E-state index is -0.298. The van der Waals surface area contributed by atoms with Crippen molar-refractivity contribution in [2.24, 2.45) is 4.99 Å². The molecule has 0 spiro atoms. The maximum atomic E-state index is 11.1. The van der Waals surface area contributed by atoms with E-state index in [2.05, 4.69) is 17.2 Å². The highest BCUT2D eigenvalue weighted by Crippen LogP contribution is 2.12. The lowest BCUT2D eigenvalue weighted by Crippen LogP contribution is -1.98. The Hall–Kier alpha value is -1.51. The second-order valence-electron chi connectivity index (χ2n) is 2.63. The maximum Gasteiger partial charge on any atom is 0.258 e. The zero-order chi connectivity index (χ0) is 10.4. The van der Waals surface area contributed by atoms with Crippen molar-refractivity contribution in [2.75, 3.05) is 7.11 Å². The summed E-state index contributed by atoms with van der Waals surface area (Å²) in [5, 5.41) is 2.04. The Bertz CT molecular complexity index is 383. The number of rotatable bonds is 3. The van der Waals surface area contributed by atoms with Crippen LogP contribution in [0.15, 0.2) is 29.3 Å². The molecule has 0 N–H and O–H groups in total. The molecule has 1 amide bonds. The number of hydrogen-bond donors (Lipinski definition) is 0. The Morgan fingerprint density at radius 2 is 2.43 bits per heavy atom. The van der Waals surface area contributed by atoms with E-state index in [-0.39, 0.29) is 12.3 Å². The Labute approximate surface area is 87.4 Å². The molecule has 0 aromatic heterocycles. The number of hydrogen-bond acceptors (Lipinski definition) is 3. The number of isothiocyanates is 1. The first-order valence-corrected chi connectivity index (χ1v) is 4.40. The first-order chi connectivity index (χ1) is 6.76. The fourth-order valence-electron chi connectivity index (χ4n) is 1.05. The normalized spacial score (nSPS) is 8.93. The average molecular weight is 207 g/mol. The molecule has 1 aromatic rings. The molecule has 0 saturated heterocycles. The van der Waals surface area contributed by atoms with Gasteiger partial charge in [-0.25, -0.2) is 0 Å². The fourth-order valence-corrected chi connectivity index (χ4v) is 1.15. The topological polar surface area (TPSA) is 38.7 Å². The van der Waals surface area contributed by atoms with Gasteiger partial charge >= 0.3 is 0 Å². The predicted molar refractivity (Wildman–Crippen MR) is 56.7 cm³/mol. The van der Waals surface area contributed by atoms with Gasteiger partial charge in [-0.05, 0) is 29.9 Å². The highest BCUT2D eigenvalue weighted by molar-refractivity contribution is 7.78. The zero-order valence-corrected chi connectivity index (χ0v) is 8.50. The number of ether oxygens (including phenoxy) is 1. The van der Waals surface area contributed by atoms with Gasteiger partial charge in [0, 0.05) is 0 Å². The predicted octanol–water partition coefficient (Wildman–Crippen LogP) is 1.87. The van der Waals surface area contributed by atoms with Gasteiger partial charge in [0.05, 0.1) is 18.7 Å². The maximum absolute atomic E-state index is 11.1. The standard InChI is InChI=1S/C10H9NO2S/c1-13-9-4-2-3-8(5-9)6-10(12)11-7-14/h2-5H,6H2,1H3. The number of methoxy groups -OCH3 is 1. The van der Waals surface area contributed by atoms with Crippen molar-refractivity contribution >= 4 is 23.3 Å². The number of carbonyl (C=O) groups is 1. The van der Waals surface area contributed by atoms with Gasteiger partial charge in [0.15, 0.2) is 0 Å². The number of aliphatic imine (C=N–C) groups is 1. The van der Waals surface area contributed by atoms with Gasteiger partial charge in [0.25, 0.3) is 5.91 Å². The van der Waals surface area contributed by atoms with E-state index in [1.54, 1.807) is 13.2 Å². The fraction of sp³-hybridized carbons (Fsp3) is 0.200. The molecule has 0 saturated carbocycles. The average Bonchev–Trinajstić information content (AvgIpc) is 2.18. The lowest BCUT2D eigenvalue weighted by atomic mass is 10.1. The van der Waals surface area contributed by atoms with E-state index < -0.39 is 0 Å². The molecule has 0 atom stereocenters. The largest absolute Gasteiger partial charge is 0.497 e. The van der Waals surface area contributed by atoms with Gasteiger partial charge in [-0.3, -0.25) is 4.79 Å². The van der Waals surface area contributed by atoms with Crippen molar-refractivity contribution in [1.82, 2.24) is 0 Å². The van der Waals surface area contributed by atoms with Gasteiger partial charge in [-0.1, -0.05) is 12.1 Å². The van der Waals surface area contributed by atoms with Crippen LogP contribution in [0.4, 0.5) is 0 Å². The highest BCUT2D eigenvalue weighted by Gasteiger charge is 2.01. The number of benzene rings is 1. The number of carbonyl (C=O) groups excluding carboxylic acids is 1. The monoisotopic (exact) mass is 207 g/mol. The summed E-state index contributed by atoms with van der Waals surface area (Å²) in [5.74, 6) is 0.426. The molecule has 0 bridgehead atoms. The number of thiocarbonyl (C=S) groups is 1. The summed E-state index contributed by atoms with van der Waals surface area (Å²) in [4.78, 5) is 14.4. The first-order valence-electron chi connectivity index (χ1n) is 4.00. The highest BCUT2D eigenvalue weighted by atomic mass is 32.1. The Kier molecular flexibility index (Phi) is 3.98. The van der Waals surface area contributed by atoms with E-state index in [0.717, 1.165) is 11.3 Å². The molecule has 1 aromatic carbocycles. The molecular formula is C10H9NO2S. The van der Waals surface area contributed by atoms with E-state index in [1.807, 2.05) is 23.4 Å². The van der Waals surface area contributed by atoms with Crippen LogP contribution in [0.1, 0.15) is 5.56 Å². The third-order valence-corrected chi connectivity index (χ3v) is 1.75. The minimum absolute atomic E-state index is 0.223. The molecular weight excluding hydrogens is 198 g/mol. The summed E-state index contributed by atoms with van der Waals surface area (Å²) in [7, 11) is 1.58. The van der Waals surface area contributed by atoms with E-state index in [9.17, 15) is 4.79 Å². The minimum Gasteiger partial charge on any atom is -0.497 e. The molecule has 0 fully saturated rings. The first kappa shape index (κ1) is 10.6. The molecule has 0 unspecified atom stereocenters. The van der Waals surface area contributed by atoms with Gasteiger partial charge in [0.2, 0.25) is 0 Å². The quantitative estimate of drug-likeness (QED) is 0.561. The van der Waals surface area contributed by atoms with Gasteiger partial charge in [-0.15, -0.1) is 0 Å². The van der Waals surface area contributed by atoms with Crippen molar-refractivity contribution in [1.29, 1.82) is 0 Å². The van der Waals surface area contributed by atoms with E-state index in [4.69, 9.17) is 4.74 Å². The van der Waals surface area contributed by atoms with Crippen molar-refractivity contribution in [3.8, 4) is 5.75 Å². The molecule has 1 rings (SSSR count). The van der Waals surface area contributed by atoms with E-state index in [1.165, 1.54) is 0 Å². The van der Waals surface area contributed by atoms with Crippen molar-refractivity contribution in [3.05, 3.63) is 29.8 Å². The zero-order valence-electron chi connectivity index (χ0n) is 7.69. The van der Waals surface area contributed by atoms with Crippen LogP contribution in [-0.4, -0.2) is 18.2 Å². The number of amides is 1. The van der Waals surface area contributed by atoms with Crippen LogP contribution in [0.3, 0.4) is 0 Å². The lowest BCUT2D eigenvalue weighted by molar-refractivity contribution is -0.117. The lowest BCUT2D eigenvalue weighted by Gasteiger charge is -2.01. The van der Waals surface area contributed by atoms with Crippen LogP contribution in [0.2, 0.25) is 0 Å². The Morgan fingerprint density at radius 3 is 3.07 bits per heavy atom. The molecule has 4 heteroatoms. The summed E-state index contributed by atoms with van der Waals surface area (Å²) >= 11 is 4.33. The molecule has 0 radical (unpaired) electrons. The Balaban J connectivity index is 2.76. The summed E-state index contributed by atoms with van der Waals surface area (Å²) < 4.78 is 5.02. The summed E-state index contributed by atoms with van der Waals surface area (Å²) in [5.41, 5.74) is 0.850. The molecule has 3 nitrogen and oxygen atoms in total. The second kappa shape index (κ2) is 5.27. The molecule has 0 aliphatic heterocycles. The molecule has 72 valence electrons. The van der Waals surface area contributed by atoms with Gasteiger partial charge in [-0.2, -0.15) is 4.99 Å². The van der Waals surface area contributed by atoms with Crippen molar-refractivity contribution < 1.29 is 9.53 Å². The van der Waals surface area contributed by atoms with Crippen molar-refractivity contribution in [2.45, 2.75) is 6.42 Å². The van der Waals surface area contributed by atoms with Gasteiger partial charge in [0.1, 0.15) is 5.75 Å². The summed E-state index contributed by atoms with van der Waals surface area (Å²) in [6, 6.07) is 7.26. The van der Waals surface area contributed by atoms with E-state index in [0.29, 0.717) is 0 Å². The van der Waals surface area contributed by atoms with Crippen molar-refractivity contribution in [3.63, 3.8) is 0 Å². The molecule has 0 heterocycles. The van der Waals surface area contributed by atoms with Crippen LogP contribution < -0.4 is 4.74 Å².